The number of nitriles is 1. The molecule has 0 spiro atoms. The van der Waals surface area contributed by atoms with E-state index in [1.807, 2.05) is 24.6 Å². The Hall–Kier alpha value is -1.89. The van der Waals surface area contributed by atoms with Crippen molar-refractivity contribution in [3.63, 3.8) is 0 Å². The van der Waals surface area contributed by atoms with Crippen molar-refractivity contribution in [2.24, 2.45) is 0 Å². The monoisotopic (exact) mass is 242 g/mol. The van der Waals surface area contributed by atoms with E-state index in [-0.39, 0.29) is 11.5 Å². The van der Waals surface area contributed by atoms with E-state index < -0.39 is 0 Å². The van der Waals surface area contributed by atoms with Gasteiger partial charge in [0, 0.05) is 5.39 Å². The molecule has 0 atom stereocenters. The highest BCUT2D eigenvalue weighted by atomic mass is 15.3. The largest absolute Gasteiger partial charge is 0.242 e. The SMILES string of the molecule is CC(C)c1nc2c(cnn2C(C)(C)C)cc1C#N. The zero-order chi connectivity index (χ0) is 13.5. The maximum absolute atomic E-state index is 9.18. The molecule has 0 amide bonds. The maximum atomic E-state index is 9.18. The molecule has 0 aliphatic rings. The van der Waals surface area contributed by atoms with E-state index in [0.29, 0.717) is 5.56 Å². The molecule has 2 heterocycles. The lowest BCUT2D eigenvalue weighted by Crippen LogP contribution is -2.23. The summed E-state index contributed by atoms with van der Waals surface area (Å²) >= 11 is 0. The molecule has 0 unspecified atom stereocenters. The smallest absolute Gasteiger partial charge is 0.158 e. The van der Waals surface area contributed by atoms with Crippen LogP contribution in [0.2, 0.25) is 0 Å². The summed E-state index contributed by atoms with van der Waals surface area (Å²) in [7, 11) is 0. The van der Waals surface area contributed by atoms with E-state index in [1.165, 1.54) is 0 Å². The Morgan fingerprint density at radius 2 is 2.00 bits per heavy atom. The maximum Gasteiger partial charge on any atom is 0.158 e. The van der Waals surface area contributed by atoms with Gasteiger partial charge in [0.1, 0.15) is 6.07 Å². The second-order valence-corrected chi connectivity index (χ2v) is 5.83. The Balaban J connectivity index is 2.77. The standard InChI is InChI=1S/C14H18N4/c1-9(2)12-10(7-15)6-11-8-16-18(13(11)17-12)14(3,4)5/h6,8-9H,1-5H3. The van der Waals surface area contributed by atoms with E-state index in [1.54, 1.807) is 6.20 Å². The Kier molecular flexibility index (Phi) is 2.86. The first-order chi connectivity index (χ1) is 8.34. The molecule has 0 aliphatic heterocycles. The molecule has 0 aromatic carbocycles. The first kappa shape index (κ1) is 12.6. The van der Waals surface area contributed by atoms with E-state index in [9.17, 15) is 5.26 Å². The highest BCUT2D eigenvalue weighted by Crippen LogP contribution is 2.25. The van der Waals surface area contributed by atoms with Gasteiger partial charge in [-0.05, 0) is 32.8 Å². The minimum absolute atomic E-state index is 0.114. The van der Waals surface area contributed by atoms with Crippen LogP contribution in [-0.2, 0) is 5.54 Å². The Bertz CT molecular complexity index is 624. The van der Waals surface area contributed by atoms with Crippen LogP contribution in [-0.4, -0.2) is 14.8 Å². The van der Waals surface area contributed by atoms with Crippen LogP contribution in [0.15, 0.2) is 12.3 Å². The molecule has 18 heavy (non-hydrogen) atoms. The molecule has 4 nitrogen and oxygen atoms in total. The average Bonchev–Trinajstić information content (AvgIpc) is 2.69. The van der Waals surface area contributed by atoms with Crippen LogP contribution in [0.25, 0.3) is 11.0 Å². The third-order valence-corrected chi connectivity index (χ3v) is 2.88. The third kappa shape index (κ3) is 1.97. The first-order valence-corrected chi connectivity index (χ1v) is 6.14. The summed E-state index contributed by atoms with van der Waals surface area (Å²) in [6.07, 6.45) is 1.78. The average molecular weight is 242 g/mol. The van der Waals surface area contributed by atoms with Gasteiger partial charge in [0.05, 0.1) is 23.0 Å². The molecule has 2 rings (SSSR count). The summed E-state index contributed by atoms with van der Waals surface area (Å²) in [4.78, 5) is 4.65. The molecule has 0 radical (unpaired) electrons. The molecular formula is C14H18N4. The van der Waals surface area contributed by atoms with Crippen molar-refractivity contribution < 1.29 is 0 Å². The van der Waals surface area contributed by atoms with Gasteiger partial charge in [0.25, 0.3) is 0 Å². The Morgan fingerprint density at radius 1 is 1.33 bits per heavy atom. The predicted octanol–water partition coefficient (Wildman–Crippen LogP) is 3.18. The number of pyridine rings is 1. The number of fused-ring (bicyclic) bond motifs is 1. The summed E-state index contributed by atoms with van der Waals surface area (Å²) in [6, 6.07) is 4.10. The molecular weight excluding hydrogens is 224 g/mol. The quantitative estimate of drug-likeness (QED) is 0.771. The molecule has 0 saturated heterocycles. The van der Waals surface area contributed by atoms with Crippen LogP contribution < -0.4 is 0 Å². The molecule has 0 N–H and O–H groups in total. The van der Waals surface area contributed by atoms with Crippen LogP contribution in [0, 0.1) is 11.3 Å². The second-order valence-electron chi connectivity index (χ2n) is 5.83. The van der Waals surface area contributed by atoms with E-state index in [0.717, 1.165) is 16.7 Å². The summed E-state index contributed by atoms with van der Waals surface area (Å²) in [6.45, 7) is 10.4. The topological polar surface area (TPSA) is 54.5 Å². The van der Waals surface area contributed by atoms with Gasteiger partial charge in [-0.2, -0.15) is 10.4 Å². The predicted molar refractivity (Wildman–Crippen MR) is 71.3 cm³/mol. The van der Waals surface area contributed by atoms with Gasteiger partial charge < -0.3 is 0 Å². The minimum Gasteiger partial charge on any atom is -0.242 e. The number of hydrogen-bond donors (Lipinski definition) is 0. The summed E-state index contributed by atoms with van der Waals surface area (Å²) in [5.74, 6) is 0.229. The Labute approximate surface area is 107 Å². The lowest BCUT2D eigenvalue weighted by molar-refractivity contribution is 0.365. The van der Waals surface area contributed by atoms with Gasteiger partial charge in [-0.15, -0.1) is 0 Å². The van der Waals surface area contributed by atoms with E-state index in [4.69, 9.17) is 0 Å². The van der Waals surface area contributed by atoms with Gasteiger partial charge in [0.2, 0.25) is 0 Å². The molecule has 94 valence electrons. The lowest BCUT2D eigenvalue weighted by Gasteiger charge is -2.20. The fraction of sp³-hybridized carbons (Fsp3) is 0.500. The van der Waals surface area contributed by atoms with Crippen LogP contribution >= 0.6 is 0 Å². The molecule has 0 aliphatic carbocycles. The second kappa shape index (κ2) is 4.09. The van der Waals surface area contributed by atoms with E-state index >= 15 is 0 Å². The van der Waals surface area contributed by atoms with Crippen LogP contribution in [0.4, 0.5) is 0 Å². The summed E-state index contributed by atoms with van der Waals surface area (Å²) in [5.41, 5.74) is 2.23. The van der Waals surface area contributed by atoms with Gasteiger partial charge in [-0.3, -0.25) is 0 Å². The van der Waals surface area contributed by atoms with Gasteiger partial charge in [-0.1, -0.05) is 13.8 Å². The molecule has 2 aromatic rings. The molecule has 4 heteroatoms. The highest BCUT2D eigenvalue weighted by Gasteiger charge is 2.20. The highest BCUT2D eigenvalue weighted by molar-refractivity contribution is 5.77. The fourth-order valence-electron chi connectivity index (χ4n) is 1.99. The van der Waals surface area contributed by atoms with Crippen molar-refractivity contribution in [2.45, 2.75) is 46.1 Å². The van der Waals surface area contributed by atoms with Gasteiger partial charge in [0.15, 0.2) is 5.65 Å². The Morgan fingerprint density at radius 3 is 2.50 bits per heavy atom. The van der Waals surface area contributed by atoms with Crippen molar-refractivity contribution >= 4 is 11.0 Å². The number of rotatable bonds is 1. The first-order valence-electron chi connectivity index (χ1n) is 6.14. The normalized spacial score (nSPS) is 12.1. The molecule has 0 fully saturated rings. The summed E-state index contributed by atoms with van der Waals surface area (Å²) in [5, 5.41) is 14.5. The van der Waals surface area contributed by atoms with Crippen LogP contribution in [0.3, 0.4) is 0 Å². The van der Waals surface area contributed by atoms with Crippen molar-refractivity contribution in [1.82, 2.24) is 14.8 Å². The van der Waals surface area contributed by atoms with E-state index in [2.05, 4.69) is 36.9 Å². The minimum atomic E-state index is -0.114. The number of hydrogen-bond acceptors (Lipinski definition) is 3. The molecule has 0 bridgehead atoms. The number of aromatic nitrogens is 3. The van der Waals surface area contributed by atoms with Gasteiger partial charge in [-0.25, -0.2) is 9.67 Å². The van der Waals surface area contributed by atoms with Crippen molar-refractivity contribution in [1.29, 1.82) is 5.26 Å². The van der Waals surface area contributed by atoms with Crippen molar-refractivity contribution in [2.75, 3.05) is 0 Å². The van der Waals surface area contributed by atoms with Crippen molar-refractivity contribution in [3.8, 4) is 6.07 Å². The van der Waals surface area contributed by atoms with Crippen molar-refractivity contribution in [3.05, 3.63) is 23.5 Å². The number of nitrogens with zero attached hydrogens (tertiary/aromatic N) is 4. The fourth-order valence-corrected chi connectivity index (χ4v) is 1.99. The van der Waals surface area contributed by atoms with Crippen LogP contribution in [0.5, 0.6) is 0 Å². The zero-order valence-corrected chi connectivity index (χ0v) is 11.5. The molecule has 0 saturated carbocycles. The lowest BCUT2D eigenvalue weighted by atomic mass is 10.0. The third-order valence-electron chi connectivity index (χ3n) is 2.88. The summed E-state index contributed by atoms with van der Waals surface area (Å²) < 4.78 is 1.91. The molecule has 2 aromatic heterocycles. The zero-order valence-electron chi connectivity index (χ0n) is 11.5. The van der Waals surface area contributed by atoms with Gasteiger partial charge >= 0.3 is 0 Å². The van der Waals surface area contributed by atoms with Crippen LogP contribution in [0.1, 0.15) is 51.8 Å².